The van der Waals surface area contributed by atoms with Crippen molar-refractivity contribution < 1.29 is 19.0 Å². The number of ether oxygens (including phenoxy) is 3. The second kappa shape index (κ2) is 8.59. The molecule has 2 heterocycles. The van der Waals surface area contributed by atoms with E-state index in [1.807, 2.05) is 60.4 Å². The molecule has 1 saturated heterocycles. The zero-order valence-electron chi connectivity index (χ0n) is 17.4. The van der Waals surface area contributed by atoms with Gasteiger partial charge in [-0.2, -0.15) is 5.10 Å². The van der Waals surface area contributed by atoms with Crippen molar-refractivity contribution in [2.45, 2.75) is 13.0 Å². The van der Waals surface area contributed by atoms with Crippen LogP contribution in [0.3, 0.4) is 0 Å². The molecule has 0 bridgehead atoms. The minimum atomic E-state index is -0.0767. The number of carbonyl (C=O) groups excluding carboxylic acids is 1. The van der Waals surface area contributed by atoms with Gasteiger partial charge >= 0.3 is 0 Å². The number of hydrogen-bond acceptors (Lipinski definition) is 5. The van der Waals surface area contributed by atoms with E-state index in [1.165, 1.54) is 0 Å². The fraction of sp³-hybridized carbons (Fsp3) is 0.304. The summed E-state index contributed by atoms with van der Waals surface area (Å²) in [4.78, 5) is 15.3. The molecule has 1 aromatic heterocycles. The van der Waals surface area contributed by atoms with Crippen LogP contribution in [-0.4, -0.2) is 60.6 Å². The average molecular weight is 407 g/mol. The van der Waals surface area contributed by atoms with Crippen molar-refractivity contribution in [3.63, 3.8) is 0 Å². The summed E-state index contributed by atoms with van der Waals surface area (Å²) in [6, 6.07) is 15.2. The maximum absolute atomic E-state index is 13.5. The average Bonchev–Trinajstić information content (AvgIpc) is 3.24. The van der Waals surface area contributed by atoms with Crippen LogP contribution in [0.4, 0.5) is 0 Å². The van der Waals surface area contributed by atoms with Gasteiger partial charge in [0.05, 0.1) is 38.2 Å². The molecule has 1 aliphatic heterocycles. The SMILES string of the molecule is COc1ccc(OC)c(-c2nn(-c3ccccc3)cc2C(=O)N2CCOC(C)C2)c1. The zero-order valence-corrected chi connectivity index (χ0v) is 17.4. The van der Waals surface area contributed by atoms with Crippen LogP contribution in [0.5, 0.6) is 11.5 Å². The smallest absolute Gasteiger partial charge is 0.257 e. The number of morpholine rings is 1. The van der Waals surface area contributed by atoms with Crippen molar-refractivity contribution in [1.82, 2.24) is 14.7 Å². The lowest BCUT2D eigenvalue weighted by atomic mass is 10.1. The van der Waals surface area contributed by atoms with Gasteiger partial charge in [-0.25, -0.2) is 4.68 Å². The molecule has 3 aromatic rings. The Morgan fingerprint density at radius 2 is 1.93 bits per heavy atom. The number of rotatable bonds is 5. The van der Waals surface area contributed by atoms with E-state index in [-0.39, 0.29) is 12.0 Å². The van der Waals surface area contributed by atoms with E-state index < -0.39 is 0 Å². The van der Waals surface area contributed by atoms with Gasteiger partial charge in [0.2, 0.25) is 0 Å². The Kier molecular flexibility index (Phi) is 5.72. The predicted molar refractivity (Wildman–Crippen MR) is 113 cm³/mol. The molecule has 2 aromatic carbocycles. The highest BCUT2D eigenvalue weighted by Gasteiger charge is 2.28. The zero-order chi connectivity index (χ0) is 21.1. The van der Waals surface area contributed by atoms with Gasteiger partial charge in [-0.1, -0.05) is 18.2 Å². The number of carbonyl (C=O) groups is 1. The van der Waals surface area contributed by atoms with Crippen molar-refractivity contribution >= 4 is 5.91 Å². The molecule has 1 unspecified atom stereocenters. The molecule has 0 saturated carbocycles. The Hall–Kier alpha value is -3.32. The number of nitrogens with zero attached hydrogens (tertiary/aromatic N) is 3. The Morgan fingerprint density at radius 1 is 1.13 bits per heavy atom. The molecule has 1 atom stereocenters. The Bertz CT molecular complexity index is 1030. The fourth-order valence-corrected chi connectivity index (χ4v) is 3.61. The number of amides is 1. The summed E-state index contributed by atoms with van der Waals surface area (Å²) in [5, 5.41) is 4.77. The molecule has 7 heteroatoms. The third-order valence-corrected chi connectivity index (χ3v) is 5.16. The van der Waals surface area contributed by atoms with E-state index in [9.17, 15) is 4.79 Å². The molecule has 30 heavy (non-hydrogen) atoms. The largest absolute Gasteiger partial charge is 0.497 e. The maximum atomic E-state index is 13.5. The molecule has 0 radical (unpaired) electrons. The monoisotopic (exact) mass is 407 g/mol. The van der Waals surface area contributed by atoms with Gasteiger partial charge < -0.3 is 19.1 Å². The lowest BCUT2D eigenvalue weighted by Gasteiger charge is -2.31. The molecule has 4 rings (SSSR count). The normalized spacial score (nSPS) is 16.4. The first kappa shape index (κ1) is 20.0. The molecule has 0 N–H and O–H groups in total. The van der Waals surface area contributed by atoms with Crippen LogP contribution < -0.4 is 9.47 Å². The van der Waals surface area contributed by atoms with Crippen LogP contribution in [0.1, 0.15) is 17.3 Å². The molecule has 1 fully saturated rings. The molecule has 7 nitrogen and oxygen atoms in total. The van der Waals surface area contributed by atoms with Crippen LogP contribution in [0.15, 0.2) is 54.7 Å². The molecule has 0 aliphatic carbocycles. The second-order valence-electron chi connectivity index (χ2n) is 7.17. The summed E-state index contributed by atoms with van der Waals surface area (Å²) in [7, 11) is 3.21. The van der Waals surface area contributed by atoms with E-state index in [1.54, 1.807) is 25.1 Å². The fourth-order valence-electron chi connectivity index (χ4n) is 3.61. The Balaban J connectivity index is 1.84. The lowest BCUT2D eigenvalue weighted by Crippen LogP contribution is -2.44. The topological polar surface area (TPSA) is 65.8 Å². The molecule has 1 amide bonds. The minimum absolute atomic E-state index is 0.00155. The van der Waals surface area contributed by atoms with Crippen molar-refractivity contribution in [2.75, 3.05) is 33.9 Å². The van der Waals surface area contributed by atoms with Gasteiger partial charge in [-0.15, -0.1) is 0 Å². The highest BCUT2D eigenvalue weighted by Crippen LogP contribution is 2.35. The van der Waals surface area contributed by atoms with Gasteiger partial charge in [0.15, 0.2) is 0 Å². The molecule has 0 spiro atoms. The first-order chi connectivity index (χ1) is 14.6. The Morgan fingerprint density at radius 3 is 2.63 bits per heavy atom. The minimum Gasteiger partial charge on any atom is -0.497 e. The summed E-state index contributed by atoms with van der Waals surface area (Å²) < 4.78 is 18.3. The standard InChI is InChI=1S/C23H25N3O4/c1-16-14-25(11-12-30-16)23(27)20-15-26(17-7-5-4-6-8-17)24-22(20)19-13-18(28-2)9-10-21(19)29-3/h4-10,13,15-16H,11-12,14H2,1-3H3. The van der Waals surface area contributed by atoms with E-state index in [0.29, 0.717) is 48.0 Å². The number of aromatic nitrogens is 2. The molecule has 1 aliphatic rings. The third-order valence-electron chi connectivity index (χ3n) is 5.16. The lowest BCUT2D eigenvalue weighted by molar-refractivity contribution is -0.0123. The summed E-state index contributed by atoms with van der Waals surface area (Å²) in [6.07, 6.45) is 1.79. The van der Waals surface area contributed by atoms with Crippen LogP contribution in [0.25, 0.3) is 16.9 Å². The summed E-state index contributed by atoms with van der Waals surface area (Å²) in [6.45, 7) is 3.59. The van der Waals surface area contributed by atoms with Crippen molar-refractivity contribution in [2.24, 2.45) is 0 Å². The van der Waals surface area contributed by atoms with Crippen LogP contribution in [0, 0.1) is 0 Å². The predicted octanol–water partition coefficient (Wildman–Crippen LogP) is 3.42. The quantitative estimate of drug-likeness (QED) is 0.648. The molecular formula is C23H25N3O4. The van der Waals surface area contributed by atoms with E-state index in [0.717, 1.165) is 5.69 Å². The number of para-hydroxylation sites is 1. The van der Waals surface area contributed by atoms with Crippen LogP contribution >= 0.6 is 0 Å². The highest BCUT2D eigenvalue weighted by molar-refractivity contribution is 6.00. The first-order valence-electron chi connectivity index (χ1n) is 9.89. The van der Waals surface area contributed by atoms with Crippen LogP contribution in [-0.2, 0) is 4.74 Å². The number of hydrogen-bond donors (Lipinski definition) is 0. The van der Waals surface area contributed by atoms with Gasteiger partial charge in [-0.05, 0) is 37.3 Å². The van der Waals surface area contributed by atoms with Crippen molar-refractivity contribution in [3.05, 3.63) is 60.3 Å². The number of methoxy groups -OCH3 is 2. The van der Waals surface area contributed by atoms with Crippen LogP contribution in [0.2, 0.25) is 0 Å². The maximum Gasteiger partial charge on any atom is 0.257 e. The van der Waals surface area contributed by atoms with E-state index >= 15 is 0 Å². The second-order valence-corrected chi connectivity index (χ2v) is 7.17. The summed E-state index contributed by atoms with van der Waals surface area (Å²) >= 11 is 0. The first-order valence-corrected chi connectivity index (χ1v) is 9.89. The van der Waals surface area contributed by atoms with Gasteiger partial charge in [0.1, 0.15) is 17.2 Å². The van der Waals surface area contributed by atoms with E-state index in [4.69, 9.17) is 19.3 Å². The Labute approximate surface area is 175 Å². The van der Waals surface area contributed by atoms with Gasteiger partial charge in [-0.3, -0.25) is 4.79 Å². The van der Waals surface area contributed by atoms with Crippen molar-refractivity contribution in [1.29, 1.82) is 0 Å². The van der Waals surface area contributed by atoms with E-state index in [2.05, 4.69) is 0 Å². The van der Waals surface area contributed by atoms with Crippen molar-refractivity contribution in [3.8, 4) is 28.4 Å². The third kappa shape index (κ3) is 3.89. The summed E-state index contributed by atoms with van der Waals surface area (Å²) in [5.41, 5.74) is 2.64. The van der Waals surface area contributed by atoms with Gasteiger partial charge in [0, 0.05) is 24.8 Å². The number of benzene rings is 2. The molecule has 156 valence electrons. The molecular weight excluding hydrogens is 382 g/mol. The highest BCUT2D eigenvalue weighted by atomic mass is 16.5. The summed E-state index contributed by atoms with van der Waals surface area (Å²) in [5.74, 6) is 1.21. The van der Waals surface area contributed by atoms with Gasteiger partial charge in [0.25, 0.3) is 5.91 Å².